The number of benzene rings is 2. The molecule has 2 aromatic carbocycles. The molecule has 0 bridgehead atoms. The summed E-state index contributed by atoms with van der Waals surface area (Å²) >= 11 is 6.40. The summed E-state index contributed by atoms with van der Waals surface area (Å²) in [6.45, 7) is 2.44. The molecule has 0 unspecified atom stereocenters. The predicted octanol–water partition coefficient (Wildman–Crippen LogP) is 6.64. The molecule has 0 radical (unpaired) electrons. The zero-order chi connectivity index (χ0) is 25.3. The molecule has 2 aliphatic rings. The normalized spacial score (nSPS) is 18.1. The first-order valence-electron chi connectivity index (χ1n) is 13.4. The Morgan fingerprint density at radius 2 is 1.75 bits per heavy atom. The number of carbonyl (C=O) groups excluding carboxylic acids is 2. The minimum absolute atomic E-state index is 0.142. The van der Waals surface area contributed by atoms with Gasteiger partial charge >= 0.3 is 0 Å². The van der Waals surface area contributed by atoms with Crippen LogP contribution in [0.4, 0.5) is 5.69 Å². The van der Waals surface area contributed by atoms with E-state index < -0.39 is 0 Å². The highest BCUT2D eigenvalue weighted by Gasteiger charge is 2.32. The summed E-state index contributed by atoms with van der Waals surface area (Å²) in [5, 5.41) is 9.77. The Kier molecular flexibility index (Phi) is 9.41. The molecule has 6 heteroatoms. The van der Waals surface area contributed by atoms with E-state index >= 15 is 0 Å². The van der Waals surface area contributed by atoms with Gasteiger partial charge in [0.05, 0.1) is 10.6 Å². The van der Waals surface area contributed by atoms with Crippen LogP contribution >= 0.6 is 11.6 Å². The molecule has 1 aliphatic heterocycles. The first kappa shape index (κ1) is 26.2. The second-order valence-electron chi connectivity index (χ2n) is 10.2. The highest BCUT2D eigenvalue weighted by molar-refractivity contribution is 6.32. The van der Waals surface area contributed by atoms with E-state index in [0.29, 0.717) is 35.9 Å². The molecule has 4 rings (SSSR count). The third kappa shape index (κ3) is 6.89. The third-order valence-corrected chi connectivity index (χ3v) is 7.99. The summed E-state index contributed by atoms with van der Waals surface area (Å²) in [4.78, 5) is 29.7. The summed E-state index contributed by atoms with van der Waals surface area (Å²) in [6.07, 6.45) is 9.75. The van der Waals surface area contributed by atoms with Crippen LogP contribution in [0, 0.1) is 17.2 Å². The van der Waals surface area contributed by atoms with Crippen LogP contribution in [0.3, 0.4) is 0 Å². The maximum Gasteiger partial charge on any atom is 0.222 e. The maximum atomic E-state index is 13.0. The van der Waals surface area contributed by atoms with E-state index in [2.05, 4.69) is 11.0 Å². The average Bonchev–Trinajstić information content (AvgIpc) is 3.41. The lowest BCUT2D eigenvalue weighted by Gasteiger charge is -2.36. The van der Waals surface area contributed by atoms with Crippen molar-refractivity contribution >= 4 is 29.0 Å². The second kappa shape index (κ2) is 12.9. The molecule has 2 aromatic rings. The van der Waals surface area contributed by atoms with Crippen LogP contribution < -0.4 is 4.90 Å². The molecule has 0 N–H and O–H groups in total. The molecule has 2 fully saturated rings. The number of nitriles is 1. The zero-order valence-corrected chi connectivity index (χ0v) is 21.8. The van der Waals surface area contributed by atoms with Crippen LogP contribution in [-0.4, -0.2) is 42.3 Å². The molecular weight excluding hydrogens is 470 g/mol. The van der Waals surface area contributed by atoms with E-state index in [1.54, 1.807) is 6.07 Å². The monoisotopic (exact) mass is 505 g/mol. The Hall–Kier alpha value is -2.84. The fourth-order valence-electron chi connectivity index (χ4n) is 5.60. The van der Waals surface area contributed by atoms with Crippen LogP contribution in [0.2, 0.25) is 5.02 Å². The summed E-state index contributed by atoms with van der Waals surface area (Å²) in [5.74, 6) is 0.976. The van der Waals surface area contributed by atoms with Crippen LogP contribution in [0.5, 0.6) is 0 Å². The van der Waals surface area contributed by atoms with Gasteiger partial charge < -0.3 is 9.80 Å². The maximum absolute atomic E-state index is 13.0. The van der Waals surface area contributed by atoms with E-state index in [1.165, 1.54) is 32.1 Å². The lowest BCUT2D eigenvalue weighted by molar-refractivity contribution is -0.130. The molecule has 1 heterocycles. The van der Waals surface area contributed by atoms with Gasteiger partial charge in [-0.05, 0) is 56.2 Å². The lowest BCUT2D eigenvalue weighted by atomic mass is 9.88. The van der Waals surface area contributed by atoms with Crippen molar-refractivity contribution in [3.05, 3.63) is 64.7 Å². The SMILES string of the molecule is N#Cc1ccc(N(CC2CCCCC2)[C@H]2CCN(C(=O)CCCCC(=O)c3ccccc3)C2)cc1Cl. The topological polar surface area (TPSA) is 64.4 Å². The first-order valence-corrected chi connectivity index (χ1v) is 13.7. The van der Waals surface area contributed by atoms with E-state index in [-0.39, 0.29) is 17.7 Å². The number of carbonyl (C=O) groups is 2. The summed E-state index contributed by atoms with van der Waals surface area (Å²) in [7, 11) is 0. The number of nitrogens with zero attached hydrogens (tertiary/aromatic N) is 3. The minimum atomic E-state index is 0.142. The number of rotatable bonds is 10. The van der Waals surface area contributed by atoms with Gasteiger partial charge in [0.15, 0.2) is 5.78 Å². The second-order valence-corrected chi connectivity index (χ2v) is 10.6. The highest BCUT2D eigenvalue weighted by Crippen LogP contribution is 2.32. The molecule has 5 nitrogen and oxygen atoms in total. The molecule has 1 saturated heterocycles. The number of anilines is 1. The van der Waals surface area contributed by atoms with Crippen molar-refractivity contribution in [1.29, 1.82) is 5.26 Å². The van der Waals surface area contributed by atoms with Crippen molar-refractivity contribution in [2.45, 2.75) is 70.3 Å². The van der Waals surface area contributed by atoms with E-state index in [1.807, 2.05) is 47.4 Å². The van der Waals surface area contributed by atoms with Crippen molar-refractivity contribution in [3.8, 4) is 6.07 Å². The third-order valence-electron chi connectivity index (χ3n) is 7.68. The summed E-state index contributed by atoms with van der Waals surface area (Å²) in [6, 6.07) is 17.5. The Labute approximate surface area is 220 Å². The molecule has 36 heavy (non-hydrogen) atoms. The van der Waals surface area contributed by atoms with E-state index in [9.17, 15) is 14.9 Å². The van der Waals surface area contributed by atoms with Gasteiger partial charge in [0.25, 0.3) is 0 Å². The van der Waals surface area contributed by atoms with Crippen molar-refractivity contribution in [3.63, 3.8) is 0 Å². The standard InChI is InChI=1S/C30H36ClN3O2/c31-28-19-26(16-15-25(28)20-32)34(21-23-9-3-1-4-10-23)27-17-18-33(22-27)30(36)14-8-7-13-29(35)24-11-5-2-6-12-24/h2,5-6,11-12,15-16,19,23,27H,1,3-4,7-10,13-14,17-18,21-22H2/t27-/m0/s1. The zero-order valence-electron chi connectivity index (χ0n) is 21.0. The predicted molar refractivity (Wildman–Crippen MR) is 144 cm³/mol. The van der Waals surface area contributed by atoms with Gasteiger partial charge in [-0.25, -0.2) is 0 Å². The van der Waals surface area contributed by atoms with Crippen molar-refractivity contribution in [2.75, 3.05) is 24.5 Å². The van der Waals surface area contributed by atoms with E-state index in [4.69, 9.17) is 11.6 Å². The van der Waals surface area contributed by atoms with Crippen LogP contribution in [-0.2, 0) is 4.79 Å². The molecule has 1 aliphatic carbocycles. The van der Waals surface area contributed by atoms with Gasteiger partial charge in [0.1, 0.15) is 6.07 Å². The van der Waals surface area contributed by atoms with Gasteiger partial charge in [0.2, 0.25) is 5.91 Å². The Morgan fingerprint density at radius 1 is 1.00 bits per heavy atom. The average molecular weight is 506 g/mol. The smallest absolute Gasteiger partial charge is 0.222 e. The Morgan fingerprint density at radius 3 is 2.47 bits per heavy atom. The number of ketones is 1. The van der Waals surface area contributed by atoms with Crippen molar-refractivity contribution in [1.82, 2.24) is 4.90 Å². The lowest BCUT2D eigenvalue weighted by Crippen LogP contribution is -2.42. The molecular formula is C30H36ClN3O2. The molecule has 0 aromatic heterocycles. The van der Waals surface area contributed by atoms with E-state index in [0.717, 1.165) is 43.6 Å². The van der Waals surface area contributed by atoms with Gasteiger partial charge in [-0.3, -0.25) is 9.59 Å². The largest absolute Gasteiger partial charge is 0.366 e. The fraction of sp³-hybridized carbons (Fsp3) is 0.500. The first-order chi connectivity index (χ1) is 17.5. The minimum Gasteiger partial charge on any atom is -0.366 e. The van der Waals surface area contributed by atoms with Crippen LogP contribution in [0.15, 0.2) is 48.5 Å². The van der Waals surface area contributed by atoms with Gasteiger partial charge in [-0.2, -0.15) is 5.26 Å². The summed E-state index contributed by atoms with van der Waals surface area (Å²) < 4.78 is 0. The molecule has 1 saturated carbocycles. The van der Waals surface area contributed by atoms with Gasteiger partial charge in [-0.1, -0.05) is 61.2 Å². The fourth-order valence-corrected chi connectivity index (χ4v) is 5.81. The molecule has 1 atom stereocenters. The van der Waals surface area contributed by atoms with Crippen LogP contribution in [0.25, 0.3) is 0 Å². The van der Waals surface area contributed by atoms with Gasteiger partial charge in [-0.15, -0.1) is 0 Å². The number of unbranched alkanes of at least 4 members (excludes halogenated alkanes) is 1. The Bertz CT molecular complexity index is 1080. The van der Waals surface area contributed by atoms with Crippen LogP contribution in [0.1, 0.15) is 80.1 Å². The molecule has 190 valence electrons. The Balaban J connectivity index is 1.32. The number of halogens is 1. The van der Waals surface area contributed by atoms with Crippen molar-refractivity contribution in [2.24, 2.45) is 5.92 Å². The molecule has 0 spiro atoms. The van der Waals surface area contributed by atoms with Crippen molar-refractivity contribution < 1.29 is 9.59 Å². The quantitative estimate of drug-likeness (QED) is 0.268. The number of likely N-dealkylation sites (tertiary alicyclic amines) is 1. The van der Waals surface area contributed by atoms with Gasteiger partial charge in [0, 0.05) is 49.8 Å². The highest BCUT2D eigenvalue weighted by atomic mass is 35.5. The number of amides is 1. The number of hydrogen-bond acceptors (Lipinski definition) is 4. The number of Topliss-reactive ketones (excluding diaryl/α,β-unsaturated/α-hetero) is 1. The number of hydrogen-bond donors (Lipinski definition) is 0. The summed E-state index contributed by atoms with van der Waals surface area (Å²) in [5.41, 5.74) is 2.28. The molecule has 1 amide bonds.